The van der Waals surface area contributed by atoms with Crippen molar-refractivity contribution in [2.75, 3.05) is 85.1 Å². The summed E-state index contributed by atoms with van der Waals surface area (Å²) in [6, 6.07) is 12.3. The number of carbonyl (C=O) groups is 10. The fourth-order valence-corrected chi connectivity index (χ4v) is 10.1. The van der Waals surface area contributed by atoms with Crippen molar-refractivity contribution < 1.29 is 76.4 Å². The van der Waals surface area contributed by atoms with Crippen LogP contribution in [0.4, 0.5) is 4.79 Å². The Morgan fingerprint density at radius 1 is 0.439 bits per heavy atom. The van der Waals surface area contributed by atoms with Gasteiger partial charge in [0, 0.05) is 84.5 Å². The van der Waals surface area contributed by atoms with E-state index in [1.165, 1.54) is 12.3 Å². The average Bonchev–Trinajstić information content (AvgIpc) is 0.835. The van der Waals surface area contributed by atoms with E-state index in [4.69, 9.17) is 28.4 Å². The van der Waals surface area contributed by atoms with Crippen molar-refractivity contribution in [3.8, 4) is 0 Å². The van der Waals surface area contributed by atoms with Crippen molar-refractivity contribution in [1.29, 1.82) is 0 Å². The van der Waals surface area contributed by atoms with Crippen LogP contribution in [-0.2, 0) is 79.7 Å². The molecule has 546 valence electrons. The molecule has 1 saturated heterocycles. The van der Waals surface area contributed by atoms with Crippen LogP contribution in [0.5, 0.6) is 0 Å². The van der Waals surface area contributed by atoms with Gasteiger partial charge in [-0.15, -0.1) is 0 Å². The van der Waals surface area contributed by atoms with Gasteiger partial charge in [-0.05, 0) is 178 Å². The van der Waals surface area contributed by atoms with Crippen LogP contribution in [0.3, 0.4) is 0 Å². The lowest BCUT2D eigenvalue weighted by atomic mass is 10.0. The SMILES string of the molecule is CC(C)(C)OC(=O)CC[C@H](NC(=O)N[C@@H](CCCCNC(=O)[C@H](Cc1ccc2ccccc2c1)NC(=O)c1ccc(CNC(=O)CN2CCN(CC(=O)OC(C)(C)C)CCN(CC(=O)OC(C)(C)C)CCN(CC(=O)OC(C)(C)C)CC2)cn1)C(=O)OC(C)(C)C)C(=O)OC(C)(C)C. The summed E-state index contributed by atoms with van der Waals surface area (Å²) in [6.07, 6.45) is 1.95. The van der Waals surface area contributed by atoms with E-state index in [1.54, 1.807) is 131 Å². The van der Waals surface area contributed by atoms with Gasteiger partial charge in [0.05, 0.1) is 26.2 Å². The number of ether oxygens (including phenoxy) is 6. The molecular weight excluding hydrogens is 1260 g/mol. The quantitative estimate of drug-likeness (QED) is 0.0306. The van der Waals surface area contributed by atoms with Crippen LogP contribution in [0.2, 0.25) is 0 Å². The first kappa shape index (κ1) is 82.6. The molecule has 1 fully saturated rings. The maximum Gasteiger partial charge on any atom is 0.329 e. The van der Waals surface area contributed by atoms with Crippen LogP contribution in [0.25, 0.3) is 10.8 Å². The molecule has 3 atom stereocenters. The normalized spacial score (nSPS) is 15.5. The van der Waals surface area contributed by atoms with Gasteiger partial charge in [0.15, 0.2) is 0 Å². The summed E-state index contributed by atoms with van der Waals surface area (Å²) in [5.74, 6) is -4.76. The number of hydrogen-bond acceptors (Lipinski definition) is 21. The van der Waals surface area contributed by atoms with Crippen LogP contribution in [0.1, 0.15) is 178 Å². The molecule has 0 radical (unpaired) electrons. The predicted octanol–water partition coefficient (Wildman–Crippen LogP) is 6.57. The Morgan fingerprint density at radius 2 is 0.857 bits per heavy atom. The first-order valence-corrected chi connectivity index (χ1v) is 33.9. The molecule has 1 aliphatic heterocycles. The Balaban J connectivity index is 1.46. The maximum atomic E-state index is 14.2. The highest BCUT2D eigenvalue weighted by atomic mass is 16.6. The summed E-state index contributed by atoms with van der Waals surface area (Å²) in [6.45, 7) is 34.4. The lowest BCUT2D eigenvalue weighted by molar-refractivity contribution is -0.159. The predicted molar refractivity (Wildman–Crippen MR) is 371 cm³/mol. The maximum absolute atomic E-state index is 14.2. The van der Waals surface area contributed by atoms with Crippen molar-refractivity contribution in [2.45, 2.75) is 221 Å². The molecule has 26 nitrogen and oxygen atoms in total. The highest BCUT2D eigenvalue weighted by Gasteiger charge is 2.33. The monoisotopic (exact) mass is 1370 g/mol. The molecule has 1 aromatic heterocycles. The van der Waals surface area contributed by atoms with Crippen molar-refractivity contribution in [3.63, 3.8) is 0 Å². The minimum atomic E-state index is -1.27. The average molecular weight is 1370 g/mol. The molecule has 0 bridgehead atoms. The number of unbranched alkanes of at least 4 members (excludes halogenated alkanes) is 1. The summed E-state index contributed by atoms with van der Waals surface area (Å²) in [7, 11) is 0. The zero-order valence-corrected chi connectivity index (χ0v) is 61.4. The third kappa shape index (κ3) is 35.1. The molecule has 2 heterocycles. The molecule has 2 aromatic carbocycles. The molecule has 0 saturated carbocycles. The number of hydrogen-bond donors (Lipinski definition) is 5. The largest absolute Gasteiger partial charge is 0.460 e. The molecule has 3 aromatic rings. The summed E-state index contributed by atoms with van der Waals surface area (Å²) < 4.78 is 33.7. The second-order valence-electron chi connectivity index (χ2n) is 30.8. The Bertz CT molecular complexity index is 3110. The highest BCUT2D eigenvalue weighted by Crippen LogP contribution is 2.20. The van der Waals surface area contributed by atoms with Gasteiger partial charge in [-0.1, -0.05) is 48.5 Å². The summed E-state index contributed by atoms with van der Waals surface area (Å²) in [5, 5.41) is 15.9. The van der Waals surface area contributed by atoms with E-state index in [-0.39, 0.29) is 76.6 Å². The van der Waals surface area contributed by atoms with Crippen LogP contribution < -0.4 is 26.6 Å². The first-order valence-electron chi connectivity index (χ1n) is 33.9. The topological polar surface area (TPSA) is 312 Å². The molecule has 0 unspecified atom stereocenters. The third-order valence-corrected chi connectivity index (χ3v) is 14.3. The molecule has 0 aliphatic carbocycles. The summed E-state index contributed by atoms with van der Waals surface area (Å²) in [4.78, 5) is 147. The van der Waals surface area contributed by atoms with E-state index in [9.17, 15) is 47.9 Å². The van der Waals surface area contributed by atoms with E-state index in [0.717, 1.165) is 16.3 Å². The highest BCUT2D eigenvalue weighted by molar-refractivity contribution is 5.96. The molecule has 26 heteroatoms. The van der Waals surface area contributed by atoms with Gasteiger partial charge < -0.3 is 55.0 Å². The lowest BCUT2D eigenvalue weighted by Gasteiger charge is -2.34. The van der Waals surface area contributed by atoms with Gasteiger partial charge >= 0.3 is 41.8 Å². The molecule has 4 rings (SSSR count). The van der Waals surface area contributed by atoms with Gasteiger partial charge in [0.25, 0.3) is 5.91 Å². The number of carbonyl (C=O) groups excluding carboxylic acids is 10. The van der Waals surface area contributed by atoms with Crippen LogP contribution in [0, 0.1) is 0 Å². The summed E-state index contributed by atoms with van der Waals surface area (Å²) >= 11 is 0. The minimum Gasteiger partial charge on any atom is -0.460 e. The number of rotatable bonds is 27. The van der Waals surface area contributed by atoms with Crippen LogP contribution in [0.15, 0.2) is 60.8 Å². The minimum absolute atomic E-state index is 0.00695. The number of esters is 6. The Kier molecular flexibility index (Phi) is 31.5. The van der Waals surface area contributed by atoms with Gasteiger partial charge in [-0.25, -0.2) is 14.4 Å². The zero-order chi connectivity index (χ0) is 73.4. The fraction of sp³-hybridized carbons (Fsp3) is 0.653. The van der Waals surface area contributed by atoms with Gasteiger partial charge in [0.2, 0.25) is 11.8 Å². The van der Waals surface area contributed by atoms with E-state index < -0.39 is 105 Å². The molecule has 5 amide bonds. The standard InChI is InChI=1S/C72H112N10O16/c1-67(2,3)93-58(84)31-30-55(65(91)98-72(16,17)18)78-66(92)77-54(64(90)97-71(13,14)15)25-21-22-32-73-62(88)56(42-49-26-28-51-23-19-20-24-52(51)41-49)76-63(89)53-29-27-50(43-74-53)44-75-57(83)45-79-33-35-80(46-59(85)94-68(4,5)6)37-39-82(48-61(87)96-70(10,11)12)40-38-81(36-34-79)47-60(86)95-69(7,8)9/h19-20,23-24,26-29,41,43,54-56H,21-22,25,30-40,42,44-48H2,1-18H3,(H,73,88)(H,75,83)(H,76,89)(H2,77,78,92)/t54-,55-,56-/m0/s1. The molecule has 1 aliphatic rings. The van der Waals surface area contributed by atoms with Crippen molar-refractivity contribution in [2.24, 2.45) is 0 Å². The Labute approximate surface area is 579 Å². The Morgan fingerprint density at radius 3 is 1.30 bits per heavy atom. The van der Waals surface area contributed by atoms with E-state index in [1.807, 2.05) is 62.1 Å². The third-order valence-electron chi connectivity index (χ3n) is 14.3. The van der Waals surface area contributed by atoms with E-state index in [2.05, 4.69) is 31.6 Å². The van der Waals surface area contributed by atoms with E-state index in [0.29, 0.717) is 70.8 Å². The second-order valence-corrected chi connectivity index (χ2v) is 30.8. The number of nitrogens with zero attached hydrogens (tertiary/aromatic N) is 5. The van der Waals surface area contributed by atoms with Crippen LogP contribution >= 0.6 is 0 Å². The smallest absolute Gasteiger partial charge is 0.329 e. The van der Waals surface area contributed by atoms with Crippen molar-refractivity contribution in [1.82, 2.24) is 51.2 Å². The van der Waals surface area contributed by atoms with Crippen LogP contribution in [-0.4, -0.2) is 221 Å². The zero-order valence-electron chi connectivity index (χ0n) is 61.4. The number of urea groups is 1. The first-order chi connectivity index (χ1) is 45.3. The number of fused-ring (bicyclic) bond motifs is 1. The Hall–Kier alpha value is -7.81. The molecule has 5 N–H and O–H groups in total. The summed E-state index contributed by atoms with van der Waals surface area (Å²) in [5.41, 5.74) is -3.37. The fourth-order valence-electron chi connectivity index (χ4n) is 10.1. The second kappa shape index (κ2) is 37.4. The number of amides is 5. The van der Waals surface area contributed by atoms with Gasteiger partial charge in [-0.2, -0.15) is 0 Å². The molecule has 0 spiro atoms. The number of nitrogens with one attached hydrogen (secondary N) is 5. The number of pyridine rings is 1. The van der Waals surface area contributed by atoms with Crippen molar-refractivity contribution in [3.05, 3.63) is 77.6 Å². The van der Waals surface area contributed by atoms with Gasteiger partial charge in [0.1, 0.15) is 57.4 Å². The molecular formula is C72H112N10O16. The number of benzene rings is 2. The molecule has 98 heavy (non-hydrogen) atoms. The van der Waals surface area contributed by atoms with Crippen molar-refractivity contribution >= 4 is 70.3 Å². The lowest BCUT2D eigenvalue weighted by Crippen LogP contribution is -2.53. The van der Waals surface area contributed by atoms with E-state index >= 15 is 0 Å². The van der Waals surface area contributed by atoms with Gasteiger partial charge in [-0.3, -0.25) is 58.1 Å². The number of aromatic nitrogens is 1.